The van der Waals surface area contributed by atoms with Gasteiger partial charge in [0.05, 0.1) is 10.0 Å². The molecule has 1 aliphatic heterocycles. The predicted octanol–water partition coefficient (Wildman–Crippen LogP) is 5.83. The van der Waals surface area contributed by atoms with E-state index in [4.69, 9.17) is 27.9 Å². The predicted molar refractivity (Wildman–Crippen MR) is 136 cm³/mol. The van der Waals surface area contributed by atoms with Crippen LogP contribution in [-0.4, -0.2) is 37.0 Å². The lowest BCUT2D eigenvalue weighted by atomic mass is 10.1. The van der Waals surface area contributed by atoms with E-state index in [1.807, 2.05) is 54.6 Å². The highest BCUT2D eigenvalue weighted by Crippen LogP contribution is 2.35. The second kappa shape index (κ2) is 11.1. The smallest absolute Gasteiger partial charge is 0.264 e. The molecule has 7 heteroatoms. The fourth-order valence-corrected chi connectivity index (χ4v) is 4.43. The van der Waals surface area contributed by atoms with Crippen LogP contribution < -0.4 is 9.64 Å². The molecule has 1 heterocycles. The largest absolute Gasteiger partial charge is 0.486 e. The molecule has 0 spiro atoms. The van der Waals surface area contributed by atoms with Crippen LogP contribution in [0.5, 0.6) is 5.75 Å². The van der Waals surface area contributed by atoms with E-state index in [1.165, 1.54) is 6.08 Å². The maximum Gasteiger partial charge on any atom is 0.264 e. The fourth-order valence-electron chi connectivity index (χ4n) is 3.82. The molecule has 172 valence electrons. The molecule has 0 atom stereocenters. The average molecular weight is 492 g/mol. The maximum atomic E-state index is 13.0. The van der Waals surface area contributed by atoms with Crippen LogP contribution in [0.1, 0.15) is 11.1 Å². The Morgan fingerprint density at radius 2 is 1.53 bits per heavy atom. The minimum atomic E-state index is -0.299. The second-order valence-corrected chi connectivity index (χ2v) is 8.69. The van der Waals surface area contributed by atoms with Crippen molar-refractivity contribution in [2.75, 3.05) is 31.1 Å². The van der Waals surface area contributed by atoms with Crippen molar-refractivity contribution in [1.29, 1.82) is 5.26 Å². The van der Waals surface area contributed by atoms with Gasteiger partial charge in [-0.1, -0.05) is 71.7 Å². The van der Waals surface area contributed by atoms with Crippen LogP contribution in [-0.2, 0) is 11.4 Å². The SMILES string of the molecule is N#C/C(=C/c1cc(Cl)c(OCc2ccccc2)c(Cl)c1)C(=O)N1CCN(c2ccccc2)CC1. The molecule has 0 N–H and O–H groups in total. The summed E-state index contributed by atoms with van der Waals surface area (Å²) in [5, 5.41) is 10.3. The van der Waals surface area contributed by atoms with E-state index in [1.54, 1.807) is 17.0 Å². The van der Waals surface area contributed by atoms with Gasteiger partial charge in [-0.05, 0) is 41.5 Å². The standard InChI is InChI=1S/C27H23Cl2N3O2/c28-24-16-21(17-25(29)26(24)34-19-20-7-3-1-4-8-20)15-22(18-30)27(33)32-13-11-31(12-14-32)23-9-5-2-6-10-23/h1-10,15-17H,11-14,19H2/b22-15-. The van der Waals surface area contributed by atoms with Crippen LogP contribution in [0.25, 0.3) is 6.08 Å². The van der Waals surface area contributed by atoms with Gasteiger partial charge in [-0.3, -0.25) is 4.79 Å². The van der Waals surface area contributed by atoms with E-state index >= 15 is 0 Å². The van der Waals surface area contributed by atoms with E-state index in [0.29, 0.717) is 54.1 Å². The van der Waals surface area contributed by atoms with Crippen molar-refractivity contribution in [3.05, 3.63) is 99.5 Å². The van der Waals surface area contributed by atoms with Crippen LogP contribution in [0.3, 0.4) is 0 Å². The van der Waals surface area contributed by atoms with Gasteiger partial charge in [0.25, 0.3) is 5.91 Å². The van der Waals surface area contributed by atoms with Gasteiger partial charge < -0.3 is 14.5 Å². The lowest BCUT2D eigenvalue weighted by molar-refractivity contribution is -0.126. The Labute approximate surface area is 209 Å². The summed E-state index contributed by atoms with van der Waals surface area (Å²) in [5.74, 6) is 0.0677. The van der Waals surface area contributed by atoms with E-state index in [2.05, 4.69) is 17.0 Å². The van der Waals surface area contributed by atoms with Crippen molar-refractivity contribution in [2.24, 2.45) is 0 Å². The summed E-state index contributed by atoms with van der Waals surface area (Å²) in [5.41, 5.74) is 2.72. The average Bonchev–Trinajstić information content (AvgIpc) is 2.87. The van der Waals surface area contributed by atoms with Gasteiger partial charge >= 0.3 is 0 Å². The zero-order chi connectivity index (χ0) is 23.9. The van der Waals surface area contributed by atoms with Gasteiger partial charge in [0.1, 0.15) is 18.2 Å². The summed E-state index contributed by atoms with van der Waals surface area (Å²) >= 11 is 12.8. The van der Waals surface area contributed by atoms with Gasteiger partial charge in [-0.15, -0.1) is 0 Å². The number of hydrogen-bond acceptors (Lipinski definition) is 4. The number of carbonyl (C=O) groups is 1. The number of piperazine rings is 1. The van der Waals surface area contributed by atoms with Crippen molar-refractivity contribution >= 4 is 40.9 Å². The van der Waals surface area contributed by atoms with Gasteiger partial charge in [0, 0.05) is 31.9 Å². The van der Waals surface area contributed by atoms with Crippen molar-refractivity contribution in [3.8, 4) is 11.8 Å². The highest BCUT2D eigenvalue weighted by Gasteiger charge is 2.24. The summed E-state index contributed by atoms with van der Waals surface area (Å²) in [4.78, 5) is 16.9. The molecular weight excluding hydrogens is 469 g/mol. The van der Waals surface area contributed by atoms with Gasteiger partial charge in [0.15, 0.2) is 5.75 Å². The molecule has 5 nitrogen and oxygen atoms in total. The number of nitriles is 1. The number of anilines is 1. The quantitative estimate of drug-likeness (QED) is 0.321. The Balaban J connectivity index is 1.43. The molecule has 1 aliphatic rings. The Bertz CT molecular complexity index is 1190. The Morgan fingerprint density at radius 3 is 2.12 bits per heavy atom. The summed E-state index contributed by atoms with van der Waals surface area (Å²) in [7, 11) is 0. The highest BCUT2D eigenvalue weighted by molar-refractivity contribution is 6.37. The number of rotatable bonds is 6. The third-order valence-electron chi connectivity index (χ3n) is 5.60. The molecule has 0 aromatic heterocycles. The van der Waals surface area contributed by atoms with Crippen molar-refractivity contribution in [1.82, 2.24) is 4.90 Å². The topological polar surface area (TPSA) is 56.6 Å². The highest BCUT2D eigenvalue weighted by atomic mass is 35.5. The summed E-state index contributed by atoms with van der Waals surface area (Å²) in [6.45, 7) is 2.83. The van der Waals surface area contributed by atoms with E-state index < -0.39 is 0 Å². The minimum Gasteiger partial charge on any atom is -0.486 e. The van der Waals surface area contributed by atoms with Crippen molar-refractivity contribution in [3.63, 3.8) is 0 Å². The Morgan fingerprint density at radius 1 is 0.941 bits per heavy atom. The Kier molecular flexibility index (Phi) is 7.74. The third kappa shape index (κ3) is 5.72. The molecule has 0 saturated carbocycles. The molecule has 0 bridgehead atoms. The monoisotopic (exact) mass is 491 g/mol. The number of nitrogens with zero attached hydrogens (tertiary/aromatic N) is 3. The Hall–Kier alpha value is -3.46. The molecule has 1 amide bonds. The maximum absolute atomic E-state index is 13.0. The lowest BCUT2D eigenvalue weighted by Crippen LogP contribution is -2.49. The van der Waals surface area contributed by atoms with Crippen molar-refractivity contribution < 1.29 is 9.53 Å². The zero-order valence-electron chi connectivity index (χ0n) is 18.5. The van der Waals surface area contributed by atoms with Gasteiger partial charge in [-0.2, -0.15) is 5.26 Å². The van der Waals surface area contributed by atoms with Crippen LogP contribution in [0.15, 0.2) is 78.4 Å². The number of amides is 1. The first-order valence-electron chi connectivity index (χ1n) is 10.9. The number of para-hydroxylation sites is 1. The van der Waals surface area contributed by atoms with Crippen LogP contribution in [0, 0.1) is 11.3 Å². The molecular formula is C27H23Cl2N3O2. The number of carbonyl (C=O) groups excluding carboxylic acids is 1. The van der Waals surface area contributed by atoms with E-state index in [-0.39, 0.29) is 11.5 Å². The number of benzene rings is 3. The number of halogens is 2. The molecule has 34 heavy (non-hydrogen) atoms. The van der Waals surface area contributed by atoms with E-state index in [0.717, 1.165) is 11.3 Å². The molecule has 4 rings (SSSR count). The number of ether oxygens (including phenoxy) is 1. The fraction of sp³-hybridized carbons (Fsp3) is 0.185. The molecule has 3 aromatic rings. The molecule has 1 saturated heterocycles. The first-order valence-corrected chi connectivity index (χ1v) is 11.7. The van der Waals surface area contributed by atoms with Gasteiger partial charge in [-0.25, -0.2) is 0 Å². The summed E-state index contributed by atoms with van der Waals surface area (Å²) in [6, 6.07) is 25.1. The lowest BCUT2D eigenvalue weighted by Gasteiger charge is -2.36. The van der Waals surface area contributed by atoms with Gasteiger partial charge in [0.2, 0.25) is 0 Å². The molecule has 3 aromatic carbocycles. The summed E-state index contributed by atoms with van der Waals surface area (Å²) in [6.07, 6.45) is 1.52. The first-order chi connectivity index (χ1) is 16.5. The minimum absolute atomic E-state index is 0.0400. The van der Waals surface area contributed by atoms with Crippen LogP contribution in [0.2, 0.25) is 10.0 Å². The molecule has 0 aliphatic carbocycles. The third-order valence-corrected chi connectivity index (χ3v) is 6.16. The van der Waals surface area contributed by atoms with Crippen molar-refractivity contribution in [2.45, 2.75) is 6.61 Å². The van der Waals surface area contributed by atoms with Crippen LogP contribution >= 0.6 is 23.2 Å². The van der Waals surface area contributed by atoms with E-state index in [9.17, 15) is 10.1 Å². The summed E-state index contributed by atoms with van der Waals surface area (Å²) < 4.78 is 5.80. The first kappa shape index (κ1) is 23.7. The zero-order valence-corrected chi connectivity index (χ0v) is 20.0. The molecule has 1 fully saturated rings. The number of hydrogen-bond donors (Lipinski definition) is 0. The molecule has 0 unspecified atom stereocenters. The normalized spacial score (nSPS) is 14.0. The van der Waals surface area contributed by atoms with Crippen LogP contribution in [0.4, 0.5) is 5.69 Å². The molecule has 0 radical (unpaired) electrons. The second-order valence-electron chi connectivity index (χ2n) is 7.87.